The van der Waals surface area contributed by atoms with Crippen molar-refractivity contribution in [1.29, 1.82) is 0 Å². The van der Waals surface area contributed by atoms with E-state index in [0.717, 1.165) is 16.0 Å². The van der Waals surface area contributed by atoms with E-state index in [1.54, 1.807) is 28.5 Å². The first kappa shape index (κ1) is 21.2. The lowest BCUT2D eigenvalue weighted by molar-refractivity contribution is -0.136. The van der Waals surface area contributed by atoms with Crippen molar-refractivity contribution in [3.63, 3.8) is 0 Å². The van der Waals surface area contributed by atoms with E-state index < -0.39 is 11.6 Å². The van der Waals surface area contributed by atoms with Crippen molar-refractivity contribution in [3.05, 3.63) is 87.9 Å². The van der Waals surface area contributed by atoms with Crippen LogP contribution in [-0.2, 0) is 16.8 Å². The Kier molecular flexibility index (Phi) is 6.15. The lowest BCUT2D eigenvalue weighted by atomic mass is 9.78. The Morgan fingerprint density at radius 2 is 2.03 bits per heavy atom. The van der Waals surface area contributed by atoms with Crippen LogP contribution in [0.1, 0.15) is 32.8 Å². The zero-order valence-electron chi connectivity index (χ0n) is 17.3. The monoisotopic (exact) mass is 435 g/mol. The number of nitrogens with one attached hydrogen (secondary N) is 1. The SMILES string of the molecule is Cc1cncc(C(=O)N[C@]2(c3ccccc3)CCN(C(=O)Cc3cccs3)C[C@H]2O)c1. The summed E-state index contributed by atoms with van der Waals surface area (Å²) in [5.41, 5.74) is 1.17. The van der Waals surface area contributed by atoms with Crippen LogP contribution in [0.5, 0.6) is 0 Å². The number of piperidine rings is 1. The van der Waals surface area contributed by atoms with Crippen LogP contribution in [0.4, 0.5) is 0 Å². The molecular weight excluding hydrogens is 410 g/mol. The summed E-state index contributed by atoms with van der Waals surface area (Å²) >= 11 is 1.55. The number of aliphatic hydroxyl groups is 1. The predicted molar refractivity (Wildman–Crippen MR) is 120 cm³/mol. The Morgan fingerprint density at radius 1 is 1.23 bits per heavy atom. The lowest BCUT2D eigenvalue weighted by Gasteiger charge is -2.46. The zero-order chi connectivity index (χ0) is 21.8. The number of carbonyl (C=O) groups is 2. The minimum absolute atomic E-state index is 0.0163. The number of aliphatic hydroxyl groups excluding tert-OH is 1. The molecule has 4 rings (SSSR count). The predicted octanol–water partition coefficient (Wildman–Crippen LogP) is 2.91. The summed E-state index contributed by atoms with van der Waals surface area (Å²) in [6.07, 6.45) is 3.00. The molecule has 6 nitrogen and oxygen atoms in total. The molecule has 0 unspecified atom stereocenters. The first-order chi connectivity index (χ1) is 15.0. The topological polar surface area (TPSA) is 82.5 Å². The largest absolute Gasteiger partial charge is 0.388 e. The molecule has 2 atom stereocenters. The second-order valence-electron chi connectivity index (χ2n) is 7.90. The number of nitrogens with zero attached hydrogens (tertiary/aromatic N) is 2. The molecule has 31 heavy (non-hydrogen) atoms. The maximum absolute atomic E-state index is 13.1. The Hall–Kier alpha value is -3.03. The van der Waals surface area contributed by atoms with Crippen molar-refractivity contribution in [2.45, 2.75) is 31.4 Å². The highest BCUT2D eigenvalue weighted by molar-refractivity contribution is 7.10. The molecule has 1 fully saturated rings. The summed E-state index contributed by atoms with van der Waals surface area (Å²) in [5, 5.41) is 16.3. The molecule has 2 amide bonds. The van der Waals surface area contributed by atoms with Gasteiger partial charge >= 0.3 is 0 Å². The summed E-state index contributed by atoms with van der Waals surface area (Å²) in [6.45, 7) is 2.48. The average Bonchev–Trinajstić information content (AvgIpc) is 3.28. The van der Waals surface area contributed by atoms with E-state index in [0.29, 0.717) is 24.9 Å². The van der Waals surface area contributed by atoms with Gasteiger partial charge in [-0.25, -0.2) is 0 Å². The van der Waals surface area contributed by atoms with Crippen molar-refractivity contribution in [1.82, 2.24) is 15.2 Å². The number of pyridine rings is 1. The third-order valence-electron chi connectivity index (χ3n) is 5.76. The number of likely N-dealkylation sites (tertiary alicyclic amines) is 1. The number of hydrogen-bond acceptors (Lipinski definition) is 5. The summed E-state index contributed by atoms with van der Waals surface area (Å²) in [4.78, 5) is 32.6. The zero-order valence-corrected chi connectivity index (χ0v) is 18.1. The number of rotatable bonds is 5. The van der Waals surface area contributed by atoms with Crippen LogP contribution in [0.3, 0.4) is 0 Å². The molecule has 0 bridgehead atoms. The van der Waals surface area contributed by atoms with Crippen molar-refractivity contribution >= 4 is 23.2 Å². The second-order valence-corrected chi connectivity index (χ2v) is 8.94. The number of amides is 2. The van der Waals surface area contributed by atoms with Gasteiger partial charge in [0.25, 0.3) is 5.91 Å². The number of aromatic nitrogens is 1. The summed E-state index contributed by atoms with van der Waals surface area (Å²) in [6, 6.07) is 15.1. The summed E-state index contributed by atoms with van der Waals surface area (Å²) < 4.78 is 0. The van der Waals surface area contributed by atoms with E-state index in [1.165, 1.54) is 6.20 Å². The highest BCUT2D eigenvalue weighted by Gasteiger charge is 2.46. The third kappa shape index (κ3) is 4.52. The summed E-state index contributed by atoms with van der Waals surface area (Å²) in [5.74, 6) is -0.310. The Labute approximate surface area is 185 Å². The Morgan fingerprint density at radius 3 is 2.71 bits per heavy atom. The number of benzene rings is 1. The molecule has 3 heterocycles. The molecule has 0 radical (unpaired) electrons. The molecule has 2 aromatic heterocycles. The molecule has 3 aromatic rings. The van der Waals surface area contributed by atoms with Crippen molar-refractivity contribution in [2.24, 2.45) is 0 Å². The molecule has 160 valence electrons. The second kappa shape index (κ2) is 8.99. The number of carbonyl (C=O) groups excluding carboxylic acids is 2. The fourth-order valence-electron chi connectivity index (χ4n) is 4.08. The number of hydrogen-bond donors (Lipinski definition) is 2. The van der Waals surface area contributed by atoms with E-state index >= 15 is 0 Å². The van der Waals surface area contributed by atoms with Gasteiger partial charge in [0, 0.05) is 30.4 Å². The molecule has 7 heteroatoms. The van der Waals surface area contributed by atoms with Crippen LogP contribution >= 0.6 is 11.3 Å². The van der Waals surface area contributed by atoms with Gasteiger partial charge < -0.3 is 15.3 Å². The number of thiophene rings is 1. The highest BCUT2D eigenvalue weighted by Crippen LogP contribution is 2.34. The van der Waals surface area contributed by atoms with Gasteiger partial charge in [-0.1, -0.05) is 36.4 Å². The maximum atomic E-state index is 13.1. The molecule has 1 aliphatic rings. The fraction of sp³-hybridized carbons (Fsp3) is 0.292. The van der Waals surface area contributed by atoms with Crippen LogP contribution < -0.4 is 5.32 Å². The van der Waals surface area contributed by atoms with Crippen LogP contribution in [-0.4, -0.2) is 46.0 Å². The average molecular weight is 436 g/mol. The Bertz CT molecular complexity index is 1050. The van der Waals surface area contributed by atoms with E-state index in [1.807, 2.05) is 54.8 Å². The van der Waals surface area contributed by atoms with Gasteiger partial charge in [0.2, 0.25) is 5.91 Å². The van der Waals surface area contributed by atoms with Crippen LogP contribution in [0.25, 0.3) is 0 Å². The lowest BCUT2D eigenvalue weighted by Crippen LogP contribution is -2.62. The van der Waals surface area contributed by atoms with E-state index in [4.69, 9.17) is 0 Å². The van der Waals surface area contributed by atoms with Gasteiger partial charge in [-0.05, 0) is 42.0 Å². The molecule has 1 saturated heterocycles. The van der Waals surface area contributed by atoms with Gasteiger partial charge in [0.15, 0.2) is 0 Å². The quantitative estimate of drug-likeness (QED) is 0.646. The standard InChI is InChI=1S/C24H25N3O3S/c1-17-12-18(15-25-14-17)23(30)26-24(19-6-3-2-4-7-19)9-10-27(16-21(24)28)22(29)13-20-8-5-11-31-20/h2-8,11-12,14-15,21,28H,9-10,13,16H2,1H3,(H,26,30)/t21-,24+/m1/s1. The van der Waals surface area contributed by atoms with Gasteiger partial charge in [0.05, 0.1) is 23.6 Å². The highest BCUT2D eigenvalue weighted by atomic mass is 32.1. The molecule has 0 saturated carbocycles. The van der Waals surface area contributed by atoms with Gasteiger partial charge in [0.1, 0.15) is 0 Å². The first-order valence-electron chi connectivity index (χ1n) is 10.3. The first-order valence-corrected chi connectivity index (χ1v) is 11.1. The maximum Gasteiger partial charge on any atom is 0.253 e. The van der Waals surface area contributed by atoms with Crippen molar-refractivity contribution < 1.29 is 14.7 Å². The molecule has 0 aliphatic carbocycles. The van der Waals surface area contributed by atoms with E-state index in [9.17, 15) is 14.7 Å². The number of aryl methyl sites for hydroxylation is 1. The number of β-amino-alcohol motifs (C(OH)–C–C–N with tert-alkyl or cyclic N) is 1. The van der Waals surface area contributed by atoms with E-state index in [-0.39, 0.29) is 18.4 Å². The minimum atomic E-state index is -0.984. The Balaban J connectivity index is 1.57. The van der Waals surface area contributed by atoms with E-state index in [2.05, 4.69) is 10.3 Å². The molecular formula is C24H25N3O3S. The molecule has 0 spiro atoms. The molecule has 1 aromatic carbocycles. The van der Waals surface area contributed by atoms with Crippen LogP contribution in [0, 0.1) is 6.92 Å². The van der Waals surface area contributed by atoms with Crippen LogP contribution in [0.2, 0.25) is 0 Å². The van der Waals surface area contributed by atoms with Gasteiger partial charge in [-0.3, -0.25) is 14.6 Å². The molecule has 2 N–H and O–H groups in total. The van der Waals surface area contributed by atoms with Gasteiger partial charge in [-0.15, -0.1) is 11.3 Å². The smallest absolute Gasteiger partial charge is 0.253 e. The van der Waals surface area contributed by atoms with Crippen LogP contribution in [0.15, 0.2) is 66.3 Å². The normalized spacial score (nSPS) is 21.0. The molecule has 1 aliphatic heterocycles. The van der Waals surface area contributed by atoms with Crippen molar-refractivity contribution in [2.75, 3.05) is 13.1 Å². The third-order valence-corrected chi connectivity index (χ3v) is 6.64. The fourth-order valence-corrected chi connectivity index (χ4v) is 4.77. The van der Waals surface area contributed by atoms with Crippen molar-refractivity contribution in [3.8, 4) is 0 Å². The summed E-state index contributed by atoms with van der Waals surface area (Å²) in [7, 11) is 0. The van der Waals surface area contributed by atoms with Gasteiger partial charge in [-0.2, -0.15) is 0 Å². The minimum Gasteiger partial charge on any atom is -0.388 e.